The van der Waals surface area contributed by atoms with E-state index in [-0.39, 0.29) is 28.9 Å². The minimum absolute atomic E-state index is 0.104. The van der Waals surface area contributed by atoms with Gasteiger partial charge in [-0.3, -0.25) is 14.2 Å². The molecule has 3 aromatic rings. The quantitative estimate of drug-likeness (QED) is 0.308. The molecule has 1 aromatic heterocycles. The molecule has 9 heteroatoms. The normalized spacial score (nSPS) is 13.3. The summed E-state index contributed by atoms with van der Waals surface area (Å²) >= 11 is 0. The van der Waals surface area contributed by atoms with Gasteiger partial charge in [-0.25, -0.2) is 9.37 Å². The van der Waals surface area contributed by atoms with Crippen molar-refractivity contribution in [2.45, 2.75) is 58.5 Å². The molecule has 1 fully saturated rings. The van der Waals surface area contributed by atoms with Gasteiger partial charge in [-0.15, -0.1) is 0 Å². The number of para-hydroxylation sites is 1. The van der Waals surface area contributed by atoms with E-state index in [4.69, 9.17) is 4.74 Å². The van der Waals surface area contributed by atoms with Gasteiger partial charge in [0.15, 0.2) is 5.82 Å². The second-order valence-electron chi connectivity index (χ2n) is 10.1. The molecule has 1 aliphatic rings. The molecule has 0 atom stereocenters. The van der Waals surface area contributed by atoms with Crippen molar-refractivity contribution in [1.82, 2.24) is 20.2 Å². The molecule has 0 aliphatic heterocycles. The molecular formula is C29H36FN5O3. The van der Waals surface area contributed by atoms with E-state index in [0.29, 0.717) is 12.3 Å². The first-order valence-electron chi connectivity index (χ1n) is 13.1. The van der Waals surface area contributed by atoms with Crippen molar-refractivity contribution >= 4 is 11.7 Å². The van der Waals surface area contributed by atoms with Crippen LogP contribution in [-0.4, -0.2) is 41.2 Å². The van der Waals surface area contributed by atoms with Crippen LogP contribution in [-0.2, 0) is 5.54 Å². The third kappa shape index (κ3) is 6.39. The van der Waals surface area contributed by atoms with Crippen LogP contribution in [0.2, 0.25) is 0 Å². The minimum atomic E-state index is -0.712. The summed E-state index contributed by atoms with van der Waals surface area (Å²) < 4.78 is 22.2. The van der Waals surface area contributed by atoms with Crippen LogP contribution in [0.3, 0.4) is 0 Å². The van der Waals surface area contributed by atoms with Crippen LogP contribution in [0.1, 0.15) is 61.5 Å². The Hall–Kier alpha value is -3.72. The molecule has 4 rings (SSSR count). The van der Waals surface area contributed by atoms with Crippen molar-refractivity contribution < 1.29 is 13.9 Å². The van der Waals surface area contributed by atoms with Crippen LogP contribution < -0.4 is 26.2 Å². The predicted octanol–water partition coefficient (Wildman–Crippen LogP) is 4.30. The molecule has 0 bridgehead atoms. The molecule has 1 aliphatic carbocycles. The van der Waals surface area contributed by atoms with Crippen molar-refractivity contribution in [1.29, 1.82) is 0 Å². The van der Waals surface area contributed by atoms with Gasteiger partial charge in [0, 0.05) is 35.1 Å². The third-order valence-electron chi connectivity index (χ3n) is 6.59. The highest BCUT2D eigenvalue weighted by atomic mass is 19.1. The van der Waals surface area contributed by atoms with E-state index in [1.165, 1.54) is 23.0 Å². The summed E-state index contributed by atoms with van der Waals surface area (Å²) in [7, 11) is 0. The van der Waals surface area contributed by atoms with Crippen molar-refractivity contribution in [3.05, 3.63) is 81.7 Å². The molecule has 8 nitrogen and oxygen atoms in total. The molecule has 202 valence electrons. The van der Waals surface area contributed by atoms with Crippen LogP contribution in [0.5, 0.6) is 5.75 Å². The first-order valence-corrected chi connectivity index (χ1v) is 13.1. The molecule has 2 aromatic carbocycles. The fraction of sp³-hybridized carbons (Fsp3) is 0.414. The number of ether oxygens (including phenoxy) is 1. The lowest BCUT2D eigenvalue weighted by Gasteiger charge is -2.29. The maximum Gasteiger partial charge on any atom is 0.297 e. The standard InChI is InChI=1S/C29H36FN5O3/c1-5-31-13-8-16-38-25-10-7-6-9-22(25)29(3,4)34-26-28(37)35(15-14-32-26)24-18-20(17-23(30)19(24)2)27(36)33-21-11-12-21/h6-7,9-10,14-15,17-18,21,31H,5,8,11-13,16H2,1-4H3,(H,32,34)(H,33,36). The Morgan fingerprint density at radius 1 is 1.24 bits per heavy atom. The number of nitrogens with one attached hydrogen (secondary N) is 3. The van der Waals surface area contributed by atoms with Crippen molar-refractivity contribution in [3.63, 3.8) is 0 Å². The molecule has 0 unspecified atom stereocenters. The van der Waals surface area contributed by atoms with Crippen LogP contribution in [0.15, 0.2) is 53.6 Å². The largest absolute Gasteiger partial charge is 0.493 e. The third-order valence-corrected chi connectivity index (χ3v) is 6.59. The van der Waals surface area contributed by atoms with E-state index in [9.17, 15) is 14.0 Å². The van der Waals surface area contributed by atoms with Crippen LogP contribution in [0.4, 0.5) is 10.2 Å². The topological polar surface area (TPSA) is 97.3 Å². The zero-order valence-corrected chi connectivity index (χ0v) is 22.4. The highest BCUT2D eigenvalue weighted by Crippen LogP contribution is 2.32. The molecule has 0 radical (unpaired) electrons. The lowest BCUT2D eigenvalue weighted by atomic mass is 9.93. The predicted molar refractivity (Wildman–Crippen MR) is 147 cm³/mol. The zero-order valence-electron chi connectivity index (χ0n) is 22.4. The molecule has 1 heterocycles. The number of amides is 1. The Kier molecular flexibility index (Phi) is 8.46. The lowest BCUT2D eigenvalue weighted by molar-refractivity contribution is 0.0950. The maximum absolute atomic E-state index is 14.8. The number of nitrogens with zero attached hydrogens (tertiary/aromatic N) is 2. The second kappa shape index (κ2) is 11.8. The van der Waals surface area contributed by atoms with E-state index in [1.807, 2.05) is 38.1 Å². The maximum atomic E-state index is 14.8. The van der Waals surface area contributed by atoms with Gasteiger partial charge >= 0.3 is 0 Å². The van der Waals surface area contributed by atoms with E-state index >= 15 is 0 Å². The molecule has 38 heavy (non-hydrogen) atoms. The number of rotatable bonds is 12. The van der Waals surface area contributed by atoms with E-state index in [0.717, 1.165) is 43.7 Å². The number of hydrogen-bond donors (Lipinski definition) is 3. The fourth-order valence-corrected chi connectivity index (χ4v) is 4.26. The summed E-state index contributed by atoms with van der Waals surface area (Å²) in [6, 6.07) is 10.6. The van der Waals surface area contributed by atoms with Gasteiger partial charge in [0.2, 0.25) is 0 Å². The zero-order chi connectivity index (χ0) is 27.3. The van der Waals surface area contributed by atoms with Crippen LogP contribution in [0, 0.1) is 12.7 Å². The second-order valence-corrected chi connectivity index (χ2v) is 10.1. The molecule has 0 saturated heterocycles. The Morgan fingerprint density at radius 2 is 2.00 bits per heavy atom. The van der Waals surface area contributed by atoms with Crippen LogP contribution in [0.25, 0.3) is 5.69 Å². The molecule has 1 amide bonds. The lowest BCUT2D eigenvalue weighted by Crippen LogP contribution is -2.34. The van der Waals surface area contributed by atoms with Gasteiger partial charge in [-0.1, -0.05) is 25.1 Å². The Balaban J connectivity index is 1.61. The van der Waals surface area contributed by atoms with Gasteiger partial charge in [-0.05, 0) is 71.3 Å². The number of hydrogen-bond acceptors (Lipinski definition) is 6. The summed E-state index contributed by atoms with van der Waals surface area (Å²) in [5.41, 5.74) is 0.448. The summed E-state index contributed by atoms with van der Waals surface area (Å²) in [6.07, 6.45) is 5.68. The van der Waals surface area contributed by atoms with Gasteiger partial charge in [0.25, 0.3) is 11.5 Å². The van der Waals surface area contributed by atoms with Crippen molar-refractivity contribution in [2.75, 3.05) is 25.0 Å². The summed E-state index contributed by atoms with van der Waals surface area (Å²) in [6.45, 7) is 9.89. The van der Waals surface area contributed by atoms with Gasteiger partial charge in [0.05, 0.1) is 17.8 Å². The van der Waals surface area contributed by atoms with Gasteiger partial charge in [-0.2, -0.15) is 0 Å². The first-order chi connectivity index (χ1) is 18.2. The summed E-state index contributed by atoms with van der Waals surface area (Å²) in [4.78, 5) is 30.4. The number of aromatic nitrogens is 2. The van der Waals surface area contributed by atoms with Crippen molar-refractivity contribution in [2.24, 2.45) is 0 Å². The van der Waals surface area contributed by atoms with Crippen molar-refractivity contribution in [3.8, 4) is 11.4 Å². The van der Waals surface area contributed by atoms with Gasteiger partial charge in [0.1, 0.15) is 11.6 Å². The number of carbonyl (C=O) groups is 1. The summed E-state index contributed by atoms with van der Waals surface area (Å²) in [5, 5.41) is 9.41. The smallest absolute Gasteiger partial charge is 0.297 e. The van der Waals surface area contributed by atoms with E-state index in [2.05, 4.69) is 27.9 Å². The Bertz CT molecular complexity index is 1350. The number of anilines is 1. The SMILES string of the molecule is CCNCCCOc1ccccc1C(C)(C)Nc1nccn(-c2cc(C(=O)NC3CC3)cc(F)c2C)c1=O. The molecule has 1 saturated carbocycles. The van der Waals surface area contributed by atoms with E-state index in [1.54, 1.807) is 13.0 Å². The average molecular weight is 522 g/mol. The number of carbonyl (C=O) groups excluding carboxylic acids is 1. The van der Waals surface area contributed by atoms with E-state index < -0.39 is 16.9 Å². The van der Waals surface area contributed by atoms with Gasteiger partial charge < -0.3 is 20.7 Å². The average Bonchev–Trinajstić information content (AvgIpc) is 3.71. The highest BCUT2D eigenvalue weighted by molar-refractivity contribution is 5.95. The summed E-state index contributed by atoms with van der Waals surface area (Å²) in [5.74, 6) is -0.0735. The van der Waals surface area contributed by atoms with Crippen LogP contribution >= 0.6 is 0 Å². The number of halogens is 1. The monoisotopic (exact) mass is 521 g/mol. The molecule has 3 N–H and O–H groups in total. The molecule has 0 spiro atoms. The fourth-order valence-electron chi connectivity index (χ4n) is 4.26. The minimum Gasteiger partial charge on any atom is -0.493 e. The molecular weight excluding hydrogens is 485 g/mol. The first kappa shape index (κ1) is 27.3. The highest BCUT2D eigenvalue weighted by Gasteiger charge is 2.27. The Morgan fingerprint density at radius 3 is 2.74 bits per heavy atom. The number of benzene rings is 2. The Labute approximate surface area is 222 Å².